The third-order valence-electron chi connectivity index (χ3n) is 2.30. The monoisotopic (exact) mass is 337 g/mol. The van der Waals surface area contributed by atoms with Gasteiger partial charge in [0.1, 0.15) is 6.10 Å². The van der Waals surface area contributed by atoms with Crippen LogP contribution >= 0.6 is 27.3 Å². The van der Waals surface area contributed by atoms with Crippen LogP contribution in [0.15, 0.2) is 15.9 Å². The van der Waals surface area contributed by atoms with Gasteiger partial charge in [-0.3, -0.25) is 0 Å². The Hall–Kier alpha value is 0.0200. The average Bonchev–Trinajstić information content (AvgIpc) is 2.74. The fourth-order valence-corrected chi connectivity index (χ4v) is 3.06. The Kier molecular flexibility index (Phi) is 8.05. The minimum absolute atomic E-state index is 0.0467. The van der Waals surface area contributed by atoms with Gasteiger partial charge in [0, 0.05) is 27.9 Å². The molecule has 0 spiro atoms. The largest absolute Gasteiger partial charge is 0.382 e. The molecule has 0 radical (unpaired) electrons. The van der Waals surface area contributed by atoms with Gasteiger partial charge in [-0.05, 0) is 28.9 Å². The van der Waals surface area contributed by atoms with Gasteiger partial charge in [-0.25, -0.2) is 0 Å². The molecule has 0 aliphatic carbocycles. The Labute approximate surface area is 121 Å². The van der Waals surface area contributed by atoms with Crippen LogP contribution in [0.2, 0.25) is 0 Å². The number of ether oxygens (including phenoxy) is 3. The molecule has 1 heterocycles. The van der Waals surface area contributed by atoms with Crippen molar-refractivity contribution in [3.05, 3.63) is 20.8 Å². The van der Waals surface area contributed by atoms with E-state index in [4.69, 9.17) is 19.9 Å². The second-order valence-electron chi connectivity index (χ2n) is 3.92. The van der Waals surface area contributed by atoms with Crippen molar-refractivity contribution in [2.24, 2.45) is 5.73 Å². The van der Waals surface area contributed by atoms with Gasteiger partial charge in [-0.2, -0.15) is 0 Å². The quantitative estimate of drug-likeness (QED) is 0.703. The second-order valence-corrected chi connectivity index (χ2v) is 5.78. The van der Waals surface area contributed by atoms with Crippen LogP contribution in [0.4, 0.5) is 0 Å². The first-order chi connectivity index (χ1) is 8.65. The summed E-state index contributed by atoms with van der Waals surface area (Å²) < 4.78 is 17.1. The standard InChI is InChI=1S/C12H20BrNO3S/c1-9(14)12(11-7-10(13)8-18-11)17-6-5-16-4-3-15-2/h7-9,12H,3-6,14H2,1-2H3. The number of nitrogens with two attached hydrogens (primary N) is 1. The zero-order chi connectivity index (χ0) is 13.4. The molecule has 0 amide bonds. The number of halogens is 1. The van der Waals surface area contributed by atoms with E-state index in [0.717, 1.165) is 9.35 Å². The van der Waals surface area contributed by atoms with Crippen molar-refractivity contribution in [1.29, 1.82) is 0 Å². The van der Waals surface area contributed by atoms with E-state index in [1.54, 1.807) is 18.4 Å². The Morgan fingerprint density at radius 2 is 2.06 bits per heavy atom. The lowest BCUT2D eigenvalue weighted by Gasteiger charge is -2.20. The maximum atomic E-state index is 5.95. The molecule has 4 nitrogen and oxygen atoms in total. The summed E-state index contributed by atoms with van der Waals surface area (Å²) in [5, 5.41) is 2.03. The van der Waals surface area contributed by atoms with Crippen molar-refractivity contribution >= 4 is 27.3 Å². The molecule has 1 aromatic rings. The minimum Gasteiger partial charge on any atom is -0.382 e. The van der Waals surface area contributed by atoms with Gasteiger partial charge in [-0.15, -0.1) is 11.3 Å². The Balaban J connectivity index is 2.31. The van der Waals surface area contributed by atoms with Gasteiger partial charge in [0.25, 0.3) is 0 Å². The molecule has 0 fully saturated rings. The molecule has 0 saturated heterocycles. The predicted octanol–water partition coefficient (Wildman–Crippen LogP) is 2.58. The SMILES string of the molecule is COCCOCCOC(c1cc(Br)cs1)C(C)N. The Bertz CT molecular complexity index is 333. The summed E-state index contributed by atoms with van der Waals surface area (Å²) in [6.07, 6.45) is -0.0766. The van der Waals surface area contributed by atoms with Gasteiger partial charge < -0.3 is 19.9 Å². The van der Waals surface area contributed by atoms with Gasteiger partial charge in [0.05, 0.1) is 26.4 Å². The zero-order valence-electron chi connectivity index (χ0n) is 10.7. The maximum absolute atomic E-state index is 5.95. The molecule has 2 atom stereocenters. The summed E-state index contributed by atoms with van der Waals surface area (Å²) in [4.78, 5) is 1.13. The molecule has 104 valence electrons. The summed E-state index contributed by atoms with van der Waals surface area (Å²) in [6.45, 7) is 4.23. The highest BCUT2D eigenvalue weighted by atomic mass is 79.9. The van der Waals surface area contributed by atoms with E-state index in [1.165, 1.54) is 0 Å². The predicted molar refractivity (Wildman–Crippen MR) is 77.1 cm³/mol. The van der Waals surface area contributed by atoms with Gasteiger partial charge >= 0.3 is 0 Å². The van der Waals surface area contributed by atoms with Crippen LogP contribution in [0.1, 0.15) is 17.9 Å². The molecule has 0 aromatic carbocycles. The molecular weight excluding hydrogens is 318 g/mol. The molecule has 0 bridgehead atoms. The van der Waals surface area contributed by atoms with E-state index < -0.39 is 0 Å². The van der Waals surface area contributed by atoms with Crippen molar-refractivity contribution < 1.29 is 14.2 Å². The molecule has 2 N–H and O–H groups in total. The van der Waals surface area contributed by atoms with Crippen LogP contribution in [0, 0.1) is 0 Å². The van der Waals surface area contributed by atoms with Crippen LogP contribution in [-0.4, -0.2) is 39.6 Å². The van der Waals surface area contributed by atoms with Crippen molar-refractivity contribution in [3.63, 3.8) is 0 Å². The summed E-state index contributed by atoms with van der Waals surface area (Å²) in [7, 11) is 1.65. The molecule has 18 heavy (non-hydrogen) atoms. The van der Waals surface area contributed by atoms with Crippen molar-refractivity contribution in [3.8, 4) is 0 Å². The Morgan fingerprint density at radius 3 is 2.61 bits per heavy atom. The molecule has 0 aliphatic heterocycles. The van der Waals surface area contributed by atoms with E-state index in [2.05, 4.69) is 15.9 Å². The number of methoxy groups -OCH3 is 1. The van der Waals surface area contributed by atoms with Crippen LogP contribution in [-0.2, 0) is 14.2 Å². The zero-order valence-corrected chi connectivity index (χ0v) is 13.1. The molecule has 2 unspecified atom stereocenters. The average molecular weight is 338 g/mol. The molecule has 1 aromatic heterocycles. The van der Waals surface area contributed by atoms with Gasteiger partial charge in [0.2, 0.25) is 0 Å². The van der Waals surface area contributed by atoms with Crippen molar-refractivity contribution in [2.45, 2.75) is 19.1 Å². The highest BCUT2D eigenvalue weighted by molar-refractivity contribution is 9.10. The summed E-state index contributed by atoms with van der Waals surface area (Å²) >= 11 is 5.08. The summed E-state index contributed by atoms with van der Waals surface area (Å²) in [5.41, 5.74) is 5.95. The van der Waals surface area contributed by atoms with E-state index >= 15 is 0 Å². The lowest BCUT2D eigenvalue weighted by molar-refractivity contribution is -0.0129. The van der Waals surface area contributed by atoms with E-state index in [9.17, 15) is 0 Å². The summed E-state index contributed by atoms with van der Waals surface area (Å²) in [6, 6.07) is 2.00. The number of hydrogen-bond acceptors (Lipinski definition) is 5. The maximum Gasteiger partial charge on any atom is 0.107 e. The number of hydrogen-bond donors (Lipinski definition) is 1. The van der Waals surface area contributed by atoms with E-state index in [1.807, 2.05) is 18.4 Å². The topological polar surface area (TPSA) is 53.7 Å². The Morgan fingerprint density at radius 1 is 1.33 bits per heavy atom. The van der Waals surface area contributed by atoms with Crippen LogP contribution in [0.5, 0.6) is 0 Å². The van der Waals surface area contributed by atoms with Crippen LogP contribution in [0.25, 0.3) is 0 Å². The van der Waals surface area contributed by atoms with E-state index in [-0.39, 0.29) is 12.1 Å². The molecule has 6 heteroatoms. The molecule has 1 rings (SSSR count). The third-order valence-corrected chi connectivity index (χ3v) is 4.06. The molecular formula is C12H20BrNO3S. The first-order valence-corrected chi connectivity index (χ1v) is 7.50. The highest BCUT2D eigenvalue weighted by Crippen LogP contribution is 2.29. The first kappa shape index (κ1) is 16.1. The summed E-state index contributed by atoms with van der Waals surface area (Å²) in [5.74, 6) is 0. The second kappa shape index (κ2) is 9.01. The third kappa shape index (κ3) is 5.77. The fourth-order valence-electron chi connectivity index (χ4n) is 1.45. The lowest BCUT2D eigenvalue weighted by atomic mass is 10.1. The van der Waals surface area contributed by atoms with Crippen LogP contribution in [0.3, 0.4) is 0 Å². The van der Waals surface area contributed by atoms with Crippen molar-refractivity contribution in [2.75, 3.05) is 33.5 Å². The lowest BCUT2D eigenvalue weighted by Crippen LogP contribution is -2.27. The molecule has 0 aliphatic rings. The van der Waals surface area contributed by atoms with Gasteiger partial charge in [0.15, 0.2) is 0 Å². The number of rotatable bonds is 9. The number of thiophene rings is 1. The smallest absolute Gasteiger partial charge is 0.107 e. The van der Waals surface area contributed by atoms with Crippen molar-refractivity contribution in [1.82, 2.24) is 0 Å². The van der Waals surface area contributed by atoms with Crippen LogP contribution < -0.4 is 5.73 Å². The normalized spacial score (nSPS) is 14.7. The highest BCUT2D eigenvalue weighted by Gasteiger charge is 2.18. The minimum atomic E-state index is -0.0766. The van der Waals surface area contributed by atoms with E-state index in [0.29, 0.717) is 26.4 Å². The fraction of sp³-hybridized carbons (Fsp3) is 0.667. The molecule has 0 saturated carbocycles. The van der Waals surface area contributed by atoms with Gasteiger partial charge in [-0.1, -0.05) is 0 Å². The first-order valence-electron chi connectivity index (χ1n) is 5.83.